The van der Waals surface area contributed by atoms with Gasteiger partial charge >= 0.3 is 0 Å². The fraction of sp³-hybridized carbons (Fsp3) is 0.591. The Labute approximate surface area is 161 Å². The van der Waals surface area contributed by atoms with Crippen molar-refractivity contribution in [2.24, 2.45) is 11.8 Å². The van der Waals surface area contributed by atoms with Gasteiger partial charge in [0, 0.05) is 24.1 Å². The van der Waals surface area contributed by atoms with Gasteiger partial charge in [-0.15, -0.1) is 0 Å². The third kappa shape index (κ3) is 5.18. The highest BCUT2D eigenvalue weighted by atomic mass is 16.5. The highest BCUT2D eigenvalue weighted by molar-refractivity contribution is 5.94. The van der Waals surface area contributed by atoms with E-state index in [1.54, 1.807) is 0 Å². The van der Waals surface area contributed by atoms with E-state index in [-0.39, 0.29) is 5.91 Å². The minimum Gasteiger partial charge on any atom is -0.352 e. The van der Waals surface area contributed by atoms with Crippen molar-refractivity contribution in [1.82, 2.24) is 15.5 Å². The number of aromatic nitrogens is 2. The molecule has 1 aromatic heterocycles. The molecule has 1 heterocycles. The number of carbonyl (C=O) groups is 1. The number of hydrogen-bond acceptors (Lipinski definition) is 4. The molecule has 1 fully saturated rings. The molecule has 0 spiro atoms. The number of benzene rings is 1. The summed E-state index contributed by atoms with van der Waals surface area (Å²) in [4.78, 5) is 16.9. The van der Waals surface area contributed by atoms with E-state index in [0.29, 0.717) is 23.2 Å². The van der Waals surface area contributed by atoms with Gasteiger partial charge in [0.2, 0.25) is 11.7 Å². The summed E-state index contributed by atoms with van der Waals surface area (Å²) >= 11 is 0. The summed E-state index contributed by atoms with van der Waals surface area (Å²) in [6.45, 7) is 5.18. The maximum absolute atomic E-state index is 12.5. The second-order valence-corrected chi connectivity index (χ2v) is 7.62. The van der Waals surface area contributed by atoms with Crippen LogP contribution in [0.25, 0.3) is 11.4 Å². The Balaban J connectivity index is 1.56. The van der Waals surface area contributed by atoms with Gasteiger partial charge in [-0.1, -0.05) is 63.2 Å². The predicted octanol–water partition coefficient (Wildman–Crippen LogP) is 5.03. The number of hydrogen-bond donors (Lipinski definition) is 1. The van der Waals surface area contributed by atoms with Gasteiger partial charge < -0.3 is 9.84 Å². The van der Waals surface area contributed by atoms with Crippen molar-refractivity contribution in [3.8, 4) is 11.4 Å². The van der Waals surface area contributed by atoms with Gasteiger partial charge in [0.25, 0.3) is 5.91 Å². The number of aryl methyl sites for hydroxylation is 1. The van der Waals surface area contributed by atoms with Crippen molar-refractivity contribution in [1.29, 1.82) is 0 Å². The topological polar surface area (TPSA) is 68.0 Å². The fourth-order valence-electron chi connectivity index (χ4n) is 3.99. The van der Waals surface area contributed by atoms with Crippen LogP contribution in [0.3, 0.4) is 0 Å². The Bertz CT molecular complexity index is 723. The van der Waals surface area contributed by atoms with Gasteiger partial charge in [0.05, 0.1) is 0 Å². The van der Waals surface area contributed by atoms with Crippen molar-refractivity contribution >= 4 is 5.91 Å². The molecule has 1 saturated carbocycles. The molecular weight excluding hydrogens is 338 g/mol. The lowest BCUT2D eigenvalue weighted by molar-refractivity contribution is 0.0933. The Morgan fingerprint density at radius 2 is 1.89 bits per heavy atom. The molecule has 2 aromatic rings. The molecule has 1 aliphatic rings. The fourth-order valence-corrected chi connectivity index (χ4v) is 3.99. The normalized spacial score (nSPS) is 19.8. The number of nitrogens with one attached hydrogen (secondary N) is 1. The monoisotopic (exact) mass is 369 g/mol. The quantitative estimate of drug-likeness (QED) is 0.709. The minimum atomic E-state index is -0.00118. The molecule has 5 nitrogen and oxygen atoms in total. The molecule has 1 amide bonds. The first-order valence-corrected chi connectivity index (χ1v) is 10.4. The lowest BCUT2D eigenvalue weighted by Gasteiger charge is -2.30. The lowest BCUT2D eigenvalue weighted by Crippen LogP contribution is -2.34. The van der Waals surface area contributed by atoms with Crippen LogP contribution >= 0.6 is 0 Å². The van der Waals surface area contributed by atoms with Gasteiger partial charge in [0.1, 0.15) is 0 Å². The van der Waals surface area contributed by atoms with E-state index < -0.39 is 0 Å². The van der Waals surface area contributed by atoms with Crippen LogP contribution in [0.15, 0.2) is 28.8 Å². The molecule has 146 valence electrons. The summed E-state index contributed by atoms with van der Waals surface area (Å²) < 4.78 is 5.28. The lowest BCUT2D eigenvalue weighted by atomic mass is 9.78. The van der Waals surface area contributed by atoms with Gasteiger partial charge in [-0.2, -0.15) is 4.98 Å². The average molecular weight is 370 g/mol. The summed E-state index contributed by atoms with van der Waals surface area (Å²) in [5.74, 6) is 2.63. The second kappa shape index (κ2) is 9.67. The maximum atomic E-state index is 12.5. The summed E-state index contributed by atoms with van der Waals surface area (Å²) in [5.41, 5.74) is 1.55. The van der Waals surface area contributed by atoms with Gasteiger partial charge in [-0.05, 0) is 36.8 Å². The standard InChI is InChI=1S/C22H31N3O2/c1-3-5-10-20-24-21(25-27-20)17-11-13-18(14-12-17)22(26)23-15-19-9-7-6-8-16(19)4-2/h11-14,16,19H,3-10,15H2,1-2H3,(H,23,26). The zero-order valence-electron chi connectivity index (χ0n) is 16.5. The third-order valence-electron chi connectivity index (χ3n) is 5.73. The van der Waals surface area contributed by atoms with E-state index in [0.717, 1.165) is 37.3 Å². The van der Waals surface area contributed by atoms with Crippen LogP contribution in [0.5, 0.6) is 0 Å². The largest absolute Gasteiger partial charge is 0.352 e. The molecular formula is C22H31N3O2. The summed E-state index contributed by atoms with van der Waals surface area (Å²) in [6.07, 6.45) is 9.32. The Morgan fingerprint density at radius 1 is 1.15 bits per heavy atom. The number of amides is 1. The minimum absolute atomic E-state index is 0.00118. The number of unbranched alkanes of at least 4 members (excludes halogenated alkanes) is 1. The Morgan fingerprint density at radius 3 is 2.59 bits per heavy atom. The first kappa shape index (κ1) is 19.6. The Kier molecular flexibility index (Phi) is 7.02. The van der Waals surface area contributed by atoms with Crippen molar-refractivity contribution in [2.45, 2.75) is 65.2 Å². The Hall–Kier alpha value is -2.17. The second-order valence-electron chi connectivity index (χ2n) is 7.62. The van der Waals surface area contributed by atoms with Crippen LogP contribution in [0.2, 0.25) is 0 Å². The molecule has 0 bridgehead atoms. The highest BCUT2D eigenvalue weighted by Crippen LogP contribution is 2.31. The first-order valence-electron chi connectivity index (χ1n) is 10.4. The van der Waals surface area contributed by atoms with Crippen LogP contribution in [0, 0.1) is 11.8 Å². The smallest absolute Gasteiger partial charge is 0.251 e. The van der Waals surface area contributed by atoms with Crippen LogP contribution < -0.4 is 5.32 Å². The summed E-state index contributed by atoms with van der Waals surface area (Å²) in [7, 11) is 0. The zero-order chi connectivity index (χ0) is 19.1. The summed E-state index contributed by atoms with van der Waals surface area (Å²) in [6, 6.07) is 7.45. The zero-order valence-corrected chi connectivity index (χ0v) is 16.5. The molecule has 0 saturated heterocycles. The molecule has 1 N–H and O–H groups in total. The van der Waals surface area contributed by atoms with E-state index >= 15 is 0 Å². The van der Waals surface area contributed by atoms with Crippen molar-refractivity contribution in [2.75, 3.05) is 6.54 Å². The number of carbonyl (C=O) groups excluding carboxylic acids is 1. The van der Waals surface area contributed by atoms with Crippen LogP contribution in [-0.4, -0.2) is 22.6 Å². The molecule has 5 heteroatoms. The predicted molar refractivity (Wildman–Crippen MR) is 106 cm³/mol. The molecule has 2 unspecified atom stereocenters. The van der Waals surface area contributed by atoms with E-state index in [1.165, 1.54) is 32.1 Å². The van der Waals surface area contributed by atoms with Crippen LogP contribution in [0.1, 0.15) is 75.0 Å². The van der Waals surface area contributed by atoms with Crippen molar-refractivity contribution in [3.05, 3.63) is 35.7 Å². The molecule has 3 rings (SSSR count). The SMILES string of the molecule is CCCCc1nc(-c2ccc(C(=O)NCC3CCCCC3CC)cc2)no1. The van der Waals surface area contributed by atoms with E-state index in [2.05, 4.69) is 29.3 Å². The first-order chi connectivity index (χ1) is 13.2. The molecule has 1 aliphatic carbocycles. The van der Waals surface area contributed by atoms with Crippen molar-refractivity contribution in [3.63, 3.8) is 0 Å². The molecule has 0 radical (unpaired) electrons. The third-order valence-corrected chi connectivity index (χ3v) is 5.73. The summed E-state index contributed by atoms with van der Waals surface area (Å²) in [5, 5.41) is 7.17. The number of rotatable bonds is 8. The van der Waals surface area contributed by atoms with Gasteiger partial charge in [-0.3, -0.25) is 4.79 Å². The molecule has 1 aromatic carbocycles. The van der Waals surface area contributed by atoms with E-state index in [1.807, 2.05) is 24.3 Å². The molecule has 0 aliphatic heterocycles. The highest BCUT2D eigenvalue weighted by Gasteiger charge is 2.24. The number of nitrogens with zero attached hydrogens (tertiary/aromatic N) is 2. The average Bonchev–Trinajstić information content (AvgIpc) is 3.19. The van der Waals surface area contributed by atoms with Crippen molar-refractivity contribution < 1.29 is 9.32 Å². The van der Waals surface area contributed by atoms with Gasteiger partial charge in [0.15, 0.2) is 0 Å². The van der Waals surface area contributed by atoms with E-state index in [9.17, 15) is 4.79 Å². The van der Waals surface area contributed by atoms with Crippen LogP contribution in [0.4, 0.5) is 0 Å². The van der Waals surface area contributed by atoms with Crippen LogP contribution in [-0.2, 0) is 6.42 Å². The van der Waals surface area contributed by atoms with Gasteiger partial charge in [-0.25, -0.2) is 0 Å². The molecule has 27 heavy (non-hydrogen) atoms. The molecule has 2 atom stereocenters. The van der Waals surface area contributed by atoms with E-state index in [4.69, 9.17) is 4.52 Å². The maximum Gasteiger partial charge on any atom is 0.251 e.